The van der Waals surface area contributed by atoms with Crippen molar-refractivity contribution in [3.63, 3.8) is 0 Å². The monoisotopic (exact) mass is 310 g/mol. The third kappa shape index (κ3) is 6.73. The van der Waals surface area contributed by atoms with E-state index in [1.165, 1.54) is 19.3 Å². The predicted octanol–water partition coefficient (Wildman–Crippen LogP) is 3.72. The summed E-state index contributed by atoms with van der Waals surface area (Å²) >= 11 is 0. The van der Waals surface area contributed by atoms with Gasteiger partial charge in [-0.25, -0.2) is 0 Å². The van der Waals surface area contributed by atoms with Gasteiger partial charge < -0.3 is 10.2 Å². The molecule has 3 atom stereocenters. The number of Topliss-reactive ketones (excluding diaryl/α,β-unsaturated/α-hetero) is 1. The van der Waals surface area contributed by atoms with E-state index in [2.05, 4.69) is 19.1 Å². The maximum Gasteiger partial charge on any atom is 0.303 e. The van der Waals surface area contributed by atoms with Crippen LogP contribution in [0.15, 0.2) is 12.2 Å². The number of hydrogen-bond donors (Lipinski definition) is 2. The molecule has 0 saturated heterocycles. The summed E-state index contributed by atoms with van der Waals surface area (Å²) in [6.45, 7) is 2.18. The van der Waals surface area contributed by atoms with Crippen LogP contribution in [0.3, 0.4) is 0 Å². The largest absolute Gasteiger partial charge is 0.481 e. The molecule has 0 aromatic heterocycles. The topological polar surface area (TPSA) is 74.6 Å². The van der Waals surface area contributed by atoms with Crippen molar-refractivity contribution >= 4 is 11.8 Å². The highest BCUT2D eigenvalue weighted by Gasteiger charge is 2.39. The van der Waals surface area contributed by atoms with Crippen LogP contribution in [0.25, 0.3) is 0 Å². The van der Waals surface area contributed by atoms with Gasteiger partial charge in [0, 0.05) is 18.8 Å². The molecule has 0 unspecified atom stereocenters. The van der Waals surface area contributed by atoms with Gasteiger partial charge in [-0.1, -0.05) is 38.3 Å². The Morgan fingerprint density at radius 1 is 1.23 bits per heavy atom. The van der Waals surface area contributed by atoms with Crippen LogP contribution in [0.1, 0.15) is 71.1 Å². The molecule has 0 spiro atoms. The molecule has 4 nitrogen and oxygen atoms in total. The van der Waals surface area contributed by atoms with E-state index in [0.29, 0.717) is 12.8 Å². The van der Waals surface area contributed by atoms with Crippen LogP contribution in [0.4, 0.5) is 0 Å². The smallest absolute Gasteiger partial charge is 0.303 e. The summed E-state index contributed by atoms with van der Waals surface area (Å²) in [5.41, 5.74) is 0. The second kappa shape index (κ2) is 10.5. The first kappa shape index (κ1) is 18.9. The first-order chi connectivity index (χ1) is 10.6. The number of unbranched alkanes of at least 4 members (excludes halogenated alkanes) is 4. The lowest BCUT2D eigenvalue weighted by atomic mass is 9.87. The molecular weight excluding hydrogens is 280 g/mol. The Kier molecular flexibility index (Phi) is 9.05. The van der Waals surface area contributed by atoms with Crippen LogP contribution in [-0.4, -0.2) is 28.1 Å². The van der Waals surface area contributed by atoms with Crippen LogP contribution < -0.4 is 0 Å². The van der Waals surface area contributed by atoms with Crippen LogP contribution in [0.2, 0.25) is 0 Å². The first-order valence-corrected chi connectivity index (χ1v) is 8.63. The van der Waals surface area contributed by atoms with Crippen molar-refractivity contribution in [2.45, 2.75) is 77.2 Å². The summed E-state index contributed by atoms with van der Waals surface area (Å²) in [4.78, 5) is 22.5. The van der Waals surface area contributed by atoms with Crippen molar-refractivity contribution in [2.24, 2.45) is 11.8 Å². The van der Waals surface area contributed by atoms with Gasteiger partial charge in [0.25, 0.3) is 0 Å². The van der Waals surface area contributed by atoms with E-state index in [-0.39, 0.29) is 30.5 Å². The van der Waals surface area contributed by atoms with Crippen LogP contribution in [0, 0.1) is 11.8 Å². The summed E-state index contributed by atoms with van der Waals surface area (Å²) in [5.74, 6) is -0.722. The zero-order valence-corrected chi connectivity index (χ0v) is 13.7. The van der Waals surface area contributed by atoms with E-state index < -0.39 is 12.1 Å². The molecule has 1 aliphatic carbocycles. The zero-order valence-electron chi connectivity index (χ0n) is 13.7. The maximum atomic E-state index is 12.0. The number of allylic oxidation sites excluding steroid dienone is 2. The molecule has 1 aliphatic rings. The fourth-order valence-electron chi connectivity index (χ4n) is 3.24. The van der Waals surface area contributed by atoms with E-state index in [1.54, 1.807) is 0 Å². The second-order valence-electron chi connectivity index (χ2n) is 6.35. The molecule has 0 aliphatic heterocycles. The van der Waals surface area contributed by atoms with Crippen molar-refractivity contribution < 1.29 is 19.8 Å². The number of carboxylic acid groups (broad SMARTS) is 1. The Balaban J connectivity index is 2.36. The predicted molar refractivity (Wildman–Crippen MR) is 86.6 cm³/mol. The normalized spacial score (nSPS) is 25.2. The second-order valence-corrected chi connectivity index (χ2v) is 6.35. The quantitative estimate of drug-likeness (QED) is 0.450. The average Bonchev–Trinajstić information content (AvgIpc) is 2.73. The molecular formula is C18H30O4. The zero-order chi connectivity index (χ0) is 16.4. The van der Waals surface area contributed by atoms with Gasteiger partial charge in [0.15, 0.2) is 0 Å². The van der Waals surface area contributed by atoms with E-state index in [9.17, 15) is 14.7 Å². The van der Waals surface area contributed by atoms with Gasteiger partial charge in [0.1, 0.15) is 5.78 Å². The van der Waals surface area contributed by atoms with E-state index >= 15 is 0 Å². The minimum absolute atomic E-state index is 0.0137. The number of carbonyl (C=O) groups excluding carboxylic acids is 1. The Labute approximate surface area is 133 Å². The first-order valence-electron chi connectivity index (χ1n) is 8.63. The molecule has 22 heavy (non-hydrogen) atoms. The van der Waals surface area contributed by atoms with Crippen LogP contribution in [0.5, 0.6) is 0 Å². The molecule has 126 valence electrons. The number of carboxylic acids is 1. The molecule has 4 heteroatoms. The van der Waals surface area contributed by atoms with Gasteiger partial charge in [-0.2, -0.15) is 0 Å². The van der Waals surface area contributed by atoms with Crippen molar-refractivity contribution in [3.05, 3.63) is 12.2 Å². The minimum atomic E-state index is -0.788. The molecule has 0 aromatic rings. The SMILES string of the molecule is CCCCCC=CC[C@H]1[C@H](O)CC(=O)[C@@H]1CCCCC(=O)O. The van der Waals surface area contributed by atoms with E-state index in [1.807, 2.05) is 0 Å². The lowest BCUT2D eigenvalue weighted by Crippen LogP contribution is -2.20. The van der Waals surface area contributed by atoms with E-state index in [0.717, 1.165) is 19.3 Å². The molecule has 0 heterocycles. The van der Waals surface area contributed by atoms with Gasteiger partial charge in [-0.15, -0.1) is 0 Å². The summed E-state index contributed by atoms with van der Waals surface area (Å²) < 4.78 is 0. The van der Waals surface area contributed by atoms with Gasteiger partial charge in [0.2, 0.25) is 0 Å². The minimum Gasteiger partial charge on any atom is -0.481 e. The molecule has 2 N–H and O–H groups in total. The van der Waals surface area contributed by atoms with Crippen LogP contribution in [-0.2, 0) is 9.59 Å². The molecule has 0 aromatic carbocycles. The number of aliphatic hydroxyl groups excluding tert-OH is 1. The third-order valence-corrected chi connectivity index (χ3v) is 4.54. The van der Waals surface area contributed by atoms with Crippen molar-refractivity contribution in [2.75, 3.05) is 0 Å². The number of rotatable bonds is 11. The fraction of sp³-hybridized carbons (Fsp3) is 0.778. The molecule has 0 bridgehead atoms. The number of aliphatic hydroxyl groups is 1. The van der Waals surface area contributed by atoms with E-state index in [4.69, 9.17) is 5.11 Å². The van der Waals surface area contributed by atoms with Gasteiger partial charge in [-0.3, -0.25) is 9.59 Å². The lowest BCUT2D eigenvalue weighted by molar-refractivity contribution is -0.137. The third-order valence-electron chi connectivity index (χ3n) is 4.54. The Hall–Kier alpha value is -1.16. The summed E-state index contributed by atoms with van der Waals surface area (Å²) in [5, 5.41) is 18.7. The summed E-state index contributed by atoms with van der Waals surface area (Å²) in [6, 6.07) is 0. The summed E-state index contributed by atoms with van der Waals surface area (Å²) in [7, 11) is 0. The standard InChI is InChI=1S/C18H30O4/c1-2-3-4-5-6-7-10-14-15(17(20)13-16(14)19)11-8-9-12-18(21)22/h6-7,14-16,19H,2-5,8-13H2,1H3,(H,21,22)/t14-,15-,16-/m1/s1. The maximum absolute atomic E-state index is 12.0. The molecule has 0 amide bonds. The van der Waals surface area contributed by atoms with Crippen LogP contribution >= 0.6 is 0 Å². The summed E-state index contributed by atoms with van der Waals surface area (Å²) in [6.07, 6.45) is 11.7. The van der Waals surface area contributed by atoms with Crippen molar-refractivity contribution in [1.82, 2.24) is 0 Å². The average molecular weight is 310 g/mol. The number of carbonyl (C=O) groups is 2. The molecule has 1 fully saturated rings. The highest BCUT2D eigenvalue weighted by atomic mass is 16.4. The Bertz CT molecular complexity index is 375. The highest BCUT2D eigenvalue weighted by molar-refractivity contribution is 5.84. The van der Waals surface area contributed by atoms with Gasteiger partial charge in [-0.05, 0) is 38.0 Å². The van der Waals surface area contributed by atoms with Gasteiger partial charge in [0.05, 0.1) is 6.10 Å². The lowest BCUT2D eigenvalue weighted by Gasteiger charge is -2.19. The Morgan fingerprint density at radius 3 is 2.68 bits per heavy atom. The van der Waals surface area contributed by atoms with Crippen molar-refractivity contribution in [3.8, 4) is 0 Å². The number of ketones is 1. The fourth-order valence-corrected chi connectivity index (χ4v) is 3.24. The van der Waals surface area contributed by atoms with Crippen molar-refractivity contribution in [1.29, 1.82) is 0 Å². The molecule has 0 radical (unpaired) electrons. The number of hydrogen-bond acceptors (Lipinski definition) is 3. The Morgan fingerprint density at radius 2 is 2.00 bits per heavy atom. The number of aliphatic carboxylic acids is 1. The van der Waals surface area contributed by atoms with Gasteiger partial charge >= 0.3 is 5.97 Å². The highest BCUT2D eigenvalue weighted by Crippen LogP contribution is 2.35. The molecule has 1 rings (SSSR count). The molecule has 1 saturated carbocycles.